The van der Waals surface area contributed by atoms with Crippen molar-refractivity contribution in [2.24, 2.45) is 11.7 Å². The first-order valence-electron chi connectivity index (χ1n) is 7.29. The first kappa shape index (κ1) is 14.4. The molecule has 0 bridgehead atoms. The van der Waals surface area contributed by atoms with E-state index in [1.807, 2.05) is 12.3 Å². The zero-order chi connectivity index (χ0) is 15.0. The molecule has 1 saturated carbocycles. The average molecular weight is 351 g/mol. The van der Waals surface area contributed by atoms with Crippen LogP contribution in [0.15, 0.2) is 22.9 Å². The summed E-state index contributed by atoms with van der Waals surface area (Å²) < 4.78 is 2.68. The van der Waals surface area contributed by atoms with E-state index in [4.69, 9.17) is 5.73 Å². The van der Waals surface area contributed by atoms with E-state index in [0.29, 0.717) is 17.5 Å². The fourth-order valence-electron chi connectivity index (χ4n) is 3.08. The highest BCUT2D eigenvalue weighted by Crippen LogP contribution is 2.31. The number of nitrogens with zero attached hydrogens (tertiary/aromatic N) is 2. The van der Waals surface area contributed by atoms with Crippen LogP contribution in [0.3, 0.4) is 0 Å². The van der Waals surface area contributed by atoms with E-state index in [1.54, 1.807) is 4.52 Å². The van der Waals surface area contributed by atoms with Crippen LogP contribution in [-0.4, -0.2) is 21.6 Å². The molecule has 21 heavy (non-hydrogen) atoms. The van der Waals surface area contributed by atoms with E-state index in [1.165, 1.54) is 25.5 Å². The predicted octanol–water partition coefficient (Wildman–Crippen LogP) is 3.19. The Morgan fingerprint density at radius 2 is 2.24 bits per heavy atom. The minimum absolute atomic E-state index is 0.372. The molecule has 2 aromatic heterocycles. The Hall–Kier alpha value is -1.56. The standard InChI is InChI=1S/C15H19BrN4O/c1-9-4-2-3-5-12(9)19-14-11(15(17)21)7-18-20-8-10(16)6-13(14)20/h6-9,12,19H,2-5H2,1H3,(H2,17,21). The van der Waals surface area contributed by atoms with Gasteiger partial charge >= 0.3 is 0 Å². The van der Waals surface area contributed by atoms with E-state index < -0.39 is 5.91 Å². The Morgan fingerprint density at radius 3 is 2.95 bits per heavy atom. The highest BCUT2D eigenvalue weighted by Gasteiger charge is 2.24. The summed E-state index contributed by atoms with van der Waals surface area (Å²) in [6.07, 6.45) is 8.25. The fraction of sp³-hybridized carbons (Fsp3) is 0.467. The number of aromatic nitrogens is 2. The summed E-state index contributed by atoms with van der Waals surface area (Å²) in [6.45, 7) is 2.26. The molecule has 1 aliphatic carbocycles. The van der Waals surface area contributed by atoms with Gasteiger partial charge in [0.1, 0.15) is 0 Å². The number of carbonyl (C=O) groups excluding carboxylic acids is 1. The average Bonchev–Trinajstić information content (AvgIpc) is 2.82. The lowest BCUT2D eigenvalue weighted by Crippen LogP contribution is -2.31. The number of amides is 1. The molecule has 1 amide bonds. The smallest absolute Gasteiger partial charge is 0.252 e. The maximum absolute atomic E-state index is 11.7. The molecule has 2 atom stereocenters. The third kappa shape index (κ3) is 2.77. The first-order valence-corrected chi connectivity index (χ1v) is 8.09. The van der Waals surface area contributed by atoms with Gasteiger partial charge in [-0.1, -0.05) is 19.8 Å². The second-order valence-corrected chi connectivity index (χ2v) is 6.71. The molecular weight excluding hydrogens is 332 g/mol. The van der Waals surface area contributed by atoms with E-state index in [9.17, 15) is 4.79 Å². The van der Waals surface area contributed by atoms with Gasteiger partial charge in [-0.05, 0) is 40.8 Å². The van der Waals surface area contributed by atoms with Crippen molar-refractivity contribution < 1.29 is 4.79 Å². The van der Waals surface area contributed by atoms with E-state index in [-0.39, 0.29) is 0 Å². The molecule has 2 aromatic rings. The summed E-state index contributed by atoms with van der Waals surface area (Å²) in [5.74, 6) is 0.138. The monoisotopic (exact) mass is 350 g/mol. The first-order chi connectivity index (χ1) is 10.1. The Kier molecular flexibility index (Phi) is 3.89. The van der Waals surface area contributed by atoms with E-state index in [0.717, 1.165) is 22.1 Å². The third-order valence-corrected chi connectivity index (χ3v) is 4.74. The van der Waals surface area contributed by atoms with E-state index in [2.05, 4.69) is 33.3 Å². The second-order valence-electron chi connectivity index (χ2n) is 5.80. The molecule has 0 spiro atoms. The quantitative estimate of drug-likeness (QED) is 0.892. The number of anilines is 1. The summed E-state index contributed by atoms with van der Waals surface area (Å²) in [6, 6.07) is 2.33. The number of fused-ring (bicyclic) bond motifs is 1. The maximum atomic E-state index is 11.7. The van der Waals surface area contributed by atoms with Crippen LogP contribution >= 0.6 is 15.9 Å². The minimum Gasteiger partial charge on any atom is -0.380 e. The van der Waals surface area contributed by atoms with Crippen LogP contribution in [0.1, 0.15) is 43.0 Å². The van der Waals surface area contributed by atoms with Crippen molar-refractivity contribution in [2.75, 3.05) is 5.32 Å². The molecule has 0 saturated heterocycles. The predicted molar refractivity (Wildman–Crippen MR) is 86.5 cm³/mol. The van der Waals surface area contributed by atoms with Gasteiger partial charge in [-0.3, -0.25) is 4.79 Å². The molecule has 0 radical (unpaired) electrons. The van der Waals surface area contributed by atoms with E-state index >= 15 is 0 Å². The number of hydrogen-bond acceptors (Lipinski definition) is 3. The van der Waals surface area contributed by atoms with Crippen molar-refractivity contribution in [3.63, 3.8) is 0 Å². The van der Waals surface area contributed by atoms with Gasteiger partial charge in [-0.25, -0.2) is 4.52 Å². The lowest BCUT2D eigenvalue weighted by molar-refractivity contribution is 0.100. The van der Waals surface area contributed by atoms with Gasteiger partial charge in [0.05, 0.1) is 23.0 Å². The van der Waals surface area contributed by atoms with Crippen molar-refractivity contribution in [1.29, 1.82) is 0 Å². The normalized spacial score (nSPS) is 22.4. The highest BCUT2D eigenvalue weighted by atomic mass is 79.9. The molecule has 3 rings (SSSR count). The van der Waals surface area contributed by atoms with Crippen LogP contribution in [0.25, 0.3) is 5.52 Å². The van der Waals surface area contributed by atoms with Crippen molar-refractivity contribution in [3.05, 3.63) is 28.5 Å². The van der Waals surface area contributed by atoms with Crippen molar-refractivity contribution >= 4 is 33.0 Å². The van der Waals surface area contributed by atoms with Crippen molar-refractivity contribution in [2.45, 2.75) is 38.6 Å². The summed E-state index contributed by atoms with van der Waals surface area (Å²) in [7, 11) is 0. The molecule has 1 fully saturated rings. The Balaban J connectivity index is 2.05. The number of halogens is 1. The van der Waals surface area contributed by atoms with Gasteiger partial charge in [0.15, 0.2) is 0 Å². The molecule has 6 heteroatoms. The highest BCUT2D eigenvalue weighted by molar-refractivity contribution is 9.10. The van der Waals surface area contributed by atoms with Crippen LogP contribution in [-0.2, 0) is 0 Å². The van der Waals surface area contributed by atoms with Crippen molar-refractivity contribution in [3.8, 4) is 0 Å². The van der Waals surface area contributed by atoms with Crippen LogP contribution < -0.4 is 11.1 Å². The van der Waals surface area contributed by atoms with Gasteiger partial charge < -0.3 is 11.1 Å². The van der Waals surface area contributed by atoms with Crippen LogP contribution in [0.2, 0.25) is 0 Å². The van der Waals surface area contributed by atoms with Crippen molar-refractivity contribution in [1.82, 2.24) is 9.61 Å². The molecule has 0 aromatic carbocycles. The summed E-state index contributed by atoms with van der Waals surface area (Å²) >= 11 is 3.45. The summed E-state index contributed by atoms with van der Waals surface area (Å²) in [5, 5.41) is 7.80. The maximum Gasteiger partial charge on any atom is 0.252 e. The molecule has 112 valence electrons. The number of carbonyl (C=O) groups is 1. The zero-order valence-electron chi connectivity index (χ0n) is 12.0. The number of hydrogen-bond donors (Lipinski definition) is 2. The van der Waals surface area contributed by atoms with Gasteiger partial charge in [0.2, 0.25) is 0 Å². The van der Waals surface area contributed by atoms with Gasteiger partial charge in [-0.15, -0.1) is 0 Å². The topological polar surface area (TPSA) is 72.4 Å². The molecule has 3 N–H and O–H groups in total. The molecule has 5 nitrogen and oxygen atoms in total. The fourth-order valence-corrected chi connectivity index (χ4v) is 3.49. The minimum atomic E-state index is -0.451. The molecule has 1 aliphatic rings. The Morgan fingerprint density at radius 1 is 1.48 bits per heavy atom. The van der Waals surface area contributed by atoms with Gasteiger partial charge in [0, 0.05) is 16.7 Å². The number of nitrogens with one attached hydrogen (secondary N) is 1. The van der Waals surface area contributed by atoms with Crippen LogP contribution in [0, 0.1) is 5.92 Å². The van der Waals surface area contributed by atoms with Gasteiger partial charge in [0.25, 0.3) is 5.91 Å². The summed E-state index contributed by atoms with van der Waals surface area (Å²) in [5.41, 5.74) is 7.63. The number of nitrogens with two attached hydrogens (primary N) is 1. The lowest BCUT2D eigenvalue weighted by Gasteiger charge is -2.31. The molecule has 0 aliphatic heterocycles. The largest absolute Gasteiger partial charge is 0.380 e. The Labute approximate surface area is 132 Å². The SMILES string of the molecule is CC1CCCCC1Nc1c(C(N)=O)cnn2cc(Br)cc12. The Bertz CT molecular complexity index is 682. The second kappa shape index (κ2) is 5.67. The zero-order valence-corrected chi connectivity index (χ0v) is 13.6. The third-order valence-electron chi connectivity index (χ3n) is 4.31. The lowest BCUT2D eigenvalue weighted by atomic mass is 9.85. The molecule has 2 unspecified atom stereocenters. The van der Waals surface area contributed by atoms with Crippen LogP contribution in [0.5, 0.6) is 0 Å². The summed E-state index contributed by atoms with van der Waals surface area (Å²) in [4.78, 5) is 11.7. The van der Waals surface area contributed by atoms with Gasteiger partial charge in [-0.2, -0.15) is 5.10 Å². The van der Waals surface area contributed by atoms with Crippen LogP contribution in [0.4, 0.5) is 5.69 Å². The molecular formula is C15H19BrN4O. The molecule has 2 heterocycles. The number of rotatable bonds is 3. The number of primary amides is 1.